The van der Waals surface area contributed by atoms with Crippen molar-refractivity contribution >= 4 is 5.91 Å². The normalized spacial score (nSPS) is 14.6. The van der Waals surface area contributed by atoms with Crippen LogP contribution in [-0.4, -0.2) is 15.9 Å². The highest BCUT2D eigenvalue weighted by Gasteiger charge is 2.21. The second-order valence-electron chi connectivity index (χ2n) is 7.18. The number of benzene rings is 1. The predicted molar refractivity (Wildman–Crippen MR) is 108 cm³/mol. The Kier molecular flexibility index (Phi) is 5.33. The van der Waals surface area contributed by atoms with E-state index in [0.29, 0.717) is 0 Å². The van der Waals surface area contributed by atoms with Gasteiger partial charge in [0.05, 0.1) is 6.04 Å². The fourth-order valence-corrected chi connectivity index (χ4v) is 3.78. The van der Waals surface area contributed by atoms with Crippen molar-refractivity contribution in [2.75, 3.05) is 0 Å². The van der Waals surface area contributed by atoms with E-state index in [0.717, 1.165) is 54.5 Å². The molecule has 3 aromatic rings. The van der Waals surface area contributed by atoms with Gasteiger partial charge in [0.15, 0.2) is 0 Å². The topological polar surface area (TPSA) is 74.8 Å². The van der Waals surface area contributed by atoms with Gasteiger partial charge in [-0.15, -0.1) is 0 Å². The summed E-state index contributed by atoms with van der Waals surface area (Å²) in [7, 11) is 0. The average Bonchev–Trinajstić information content (AvgIpc) is 2.97. The molecule has 1 atom stereocenters. The van der Waals surface area contributed by atoms with Crippen LogP contribution in [0.5, 0.6) is 0 Å². The molecule has 28 heavy (non-hydrogen) atoms. The smallest absolute Gasteiger partial charge is 0.261 e. The Labute approximate surface area is 163 Å². The lowest BCUT2D eigenvalue weighted by Gasteiger charge is -2.19. The summed E-state index contributed by atoms with van der Waals surface area (Å²) in [5, 5.41) is 3.03. The maximum Gasteiger partial charge on any atom is 0.261 e. The van der Waals surface area contributed by atoms with Gasteiger partial charge < -0.3 is 10.3 Å². The van der Waals surface area contributed by atoms with E-state index in [9.17, 15) is 9.59 Å². The number of hydrogen-bond acceptors (Lipinski definition) is 3. The molecule has 5 nitrogen and oxygen atoms in total. The Morgan fingerprint density at radius 1 is 1.00 bits per heavy atom. The summed E-state index contributed by atoms with van der Waals surface area (Å²) in [6.45, 7) is 0. The summed E-state index contributed by atoms with van der Waals surface area (Å²) in [6, 6.07) is 14.9. The highest BCUT2D eigenvalue weighted by molar-refractivity contribution is 5.94. The SMILES string of the molecule is O=C(NC(c1ccccc1)c1cccnc1)c1cc2c([nH]c1=O)CCCCC2. The molecule has 2 aromatic heterocycles. The van der Waals surface area contributed by atoms with Crippen molar-refractivity contribution in [2.45, 2.75) is 38.1 Å². The summed E-state index contributed by atoms with van der Waals surface area (Å²) in [4.78, 5) is 32.7. The minimum Gasteiger partial charge on any atom is -0.341 e. The van der Waals surface area contributed by atoms with Crippen molar-refractivity contribution in [3.63, 3.8) is 0 Å². The van der Waals surface area contributed by atoms with Crippen molar-refractivity contribution in [3.05, 3.63) is 99.2 Å². The second kappa shape index (κ2) is 8.21. The second-order valence-corrected chi connectivity index (χ2v) is 7.18. The molecule has 142 valence electrons. The molecule has 0 saturated carbocycles. The van der Waals surface area contributed by atoms with Gasteiger partial charge in [-0.2, -0.15) is 0 Å². The standard InChI is InChI=1S/C23H23N3O2/c27-22-19(14-17-10-5-2-6-12-20(17)25-22)23(28)26-21(16-8-3-1-4-9-16)18-11-7-13-24-15-18/h1,3-4,7-9,11,13-15,21H,2,5-6,10,12H2,(H,25,27)(H,26,28). The molecule has 1 unspecified atom stereocenters. The highest BCUT2D eigenvalue weighted by Crippen LogP contribution is 2.22. The van der Waals surface area contributed by atoms with Gasteiger partial charge >= 0.3 is 0 Å². The number of amides is 1. The Bertz CT molecular complexity index is 974. The minimum atomic E-state index is -0.374. The maximum absolute atomic E-state index is 13.0. The van der Waals surface area contributed by atoms with Gasteiger partial charge in [0, 0.05) is 18.1 Å². The van der Waals surface area contributed by atoms with Crippen LogP contribution in [0.25, 0.3) is 0 Å². The monoisotopic (exact) mass is 373 g/mol. The number of carbonyl (C=O) groups is 1. The molecule has 1 amide bonds. The van der Waals surface area contributed by atoms with Crippen LogP contribution in [0.1, 0.15) is 58.0 Å². The fourth-order valence-electron chi connectivity index (χ4n) is 3.78. The zero-order valence-corrected chi connectivity index (χ0v) is 15.7. The van der Waals surface area contributed by atoms with E-state index in [4.69, 9.17) is 0 Å². The van der Waals surface area contributed by atoms with Gasteiger partial charge in [0.1, 0.15) is 5.56 Å². The number of hydrogen-bond donors (Lipinski definition) is 2. The number of pyridine rings is 2. The van der Waals surface area contributed by atoms with E-state index in [-0.39, 0.29) is 23.1 Å². The maximum atomic E-state index is 13.0. The molecular formula is C23H23N3O2. The van der Waals surface area contributed by atoms with E-state index in [1.165, 1.54) is 0 Å². The number of fused-ring (bicyclic) bond motifs is 1. The number of aryl methyl sites for hydroxylation is 2. The molecule has 0 radical (unpaired) electrons. The van der Waals surface area contributed by atoms with E-state index in [2.05, 4.69) is 15.3 Å². The first-order chi connectivity index (χ1) is 13.7. The van der Waals surface area contributed by atoms with Crippen LogP contribution in [0.2, 0.25) is 0 Å². The molecule has 4 rings (SSSR count). The largest absolute Gasteiger partial charge is 0.341 e. The first-order valence-electron chi connectivity index (χ1n) is 9.73. The molecule has 1 aliphatic carbocycles. The van der Waals surface area contributed by atoms with Crippen LogP contribution in [0.3, 0.4) is 0 Å². The van der Waals surface area contributed by atoms with Crippen LogP contribution >= 0.6 is 0 Å². The van der Waals surface area contributed by atoms with Crippen molar-refractivity contribution in [1.82, 2.24) is 15.3 Å². The van der Waals surface area contributed by atoms with E-state index < -0.39 is 0 Å². The van der Waals surface area contributed by atoms with E-state index >= 15 is 0 Å². The summed E-state index contributed by atoms with van der Waals surface area (Å²) in [5.41, 5.74) is 3.72. The van der Waals surface area contributed by atoms with Crippen LogP contribution in [0, 0.1) is 0 Å². The number of nitrogens with one attached hydrogen (secondary N) is 2. The minimum absolute atomic E-state index is 0.172. The summed E-state index contributed by atoms with van der Waals surface area (Å²) in [5.74, 6) is -0.369. The van der Waals surface area contributed by atoms with Gasteiger partial charge in [0.2, 0.25) is 0 Å². The fraction of sp³-hybridized carbons (Fsp3) is 0.261. The third-order valence-corrected chi connectivity index (χ3v) is 5.26. The molecule has 0 fully saturated rings. The Hall–Kier alpha value is -3.21. The highest BCUT2D eigenvalue weighted by atomic mass is 16.2. The zero-order valence-electron chi connectivity index (χ0n) is 15.7. The Balaban J connectivity index is 1.67. The Morgan fingerprint density at radius 3 is 2.57 bits per heavy atom. The Morgan fingerprint density at radius 2 is 1.79 bits per heavy atom. The number of nitrogens with zero attached hydrogens (tertiary/aromatic N) is 1. The quantitative estimate of drug-likeness (QED) is 0.687. The number of carbonyl (C=O) groups excluding carboxylic acids is 1. The van der Waals surface area contributed by atoms with Crippen molar-refractivity contribution in [2.24, 2.45) is 0 Å². The molecular weight excluding hydrogens is 350 g/mol. The first-order valence-corrected chi connectivity index (χ1v) is 9.73. The molecule has 5 heteroatoms. The van der Waals surface area contributed by atoms with Crippen molar-refractivity contribution in [3.8, 4) is 0 Å². The summed E-state index contributed by atoms with van der Waals surface area (Å²) >= 11 is 0. The van der Waals surface area contributed by atoms with Gasteiger partial charge in [-0.25, -0.2) is 0 Å². The lowest BCUT2D eigenvalue weighted by molar-refractivity contribution is 0.0941. The molecule has 2 heterocycles. The number of aromatic amines is 1. The van der Waals surface area contributed by atoms with Crippen LogP contribution in [0.15, 0.2) is 65.7 Å². The summed E-state index contributed by atoms with van der Waals surface area (Å²) < 4.78 is 0. The lowest BCUT2D eigenvalue weighted by atomic mass is 9.99. The van der Waals surface area contributed by atoms with Gasteiger partial charge in [-0.05, 0) is 54.5 Å². The van der Waals surface area contributed by atoms with E-state index in [1.807, 2.05) is 42.5 Å². The predicted octanol–water partition coefficient (Wildman–Crippen LogP) is 3.56. The van der Waals surface area contributed by atoms with Crippen molar-refractivity contribution < 1.29 is 4.79 Å². The van der Waals surface area contributed by atoms with Gasteiger partial charge in [-0.3, -0.25) is 14.6 Å². The van der Waals surface area contributed by atoms with Crippen LogP contribution in [-0.2, 0) is 12.8 Å². The molecule has 0 aliphatic heterocycles. The molecule has 1 aliphatic rings. The molecule has 0 spiro atoms. The molecule has 0 bridgehead atoms. The third-order valence-electron chi connectivity index (χ3n) is 5.26. The summed E-state index contributed by atoms with van der Waals surface area (Å²) in [6.07, 6.45) is 8.51. The third kappa shape index (κ3) is 3.88. The molecule has 0 saturated heterocycles. The van der Waals surface area contributed by atoms with Crippen molar-refractivity contribution in [1.29, 1.82) is 0 Å². The zero-order chi connectivity index (χ0) is 19.3. The van der Waals surface area contributed by atoms with E-state index in [1.54, 1.807) is 18.5 Å². The molecule has 2 N–H and O–H groups in total. The van der Waals surface area contributed by atoms with Crippen LogP contribution in [0.4, 0.5) is 0 Å². The number of aromatic nitrogens is 2. The van der Waals surface area contributed by atoms with Gasteiger partial charge in [-0.1, -0.05) is 42.8 Å². The van der Waals surface area contributed by atoms with Crippen LogP contribution < -0.4 is 10.9 Å². The first kappa shape index (κ1) is 18.2. The number of H-pyrrole nitrogens is 1. The average molecular weight is 373 g/mol. The number of rotatable bonds is 4. The van der Waals surface area contributed by atoms with Gasteiger partial charge in [0.25, 0.3) is 11.5 Å². The lowest BCUT2D eigenvalue weighted by Crippen LogP contribution is -2.34. The molecule has 1 aromatic carbocycles.